The summed E-state index contributed by atoms with van der Waals surface area (Å²) in [6.45, 7) is 4.18. The molecule has 3 aromatic carbocycles. The van der Waals surface area contributed by atoms with E-state index in [9.17, 15) is 14.9 Å². The van der Waals surface area contributed by atoms with E-state index in [2.05, 4.69) is 10.6 Å². The summed E-state index contributed by atoms with van der Waals surface area (Å²) in [7, 11) is 1.46. The van der Waals surface area contributed by atoms with Gasteiger partial charge in [-0.2, -0.15) is 5.26 Å². The number of benzene rings is 3. The fourth-order valence-electron chi connectivity index (χ4n) is 3.19. The van der Waals surface area contributed by atoms with Crippen LogP contribution >= 0.6 is 0 Å². The lowest BCUT2D eigenvalue weighted by Crippen LogP contribution is -2.20. The number of nitrogens with zero attached hydrogens (tertiary/aromatic N) is 1. The number of nitriles is 1. The number of aryl methyl sites for hydroxylation is 1. The minimum Gasteiger partial charge on any atom is -0.494 e. The van der Waals surface area contributed by atoms with E-state index < -0.39 is 5.91 Å². The van der Waals surface area contributed by atoms with Crippen LogP contribution < -0.4 is 24.8 Å². The Hall–Kier alpha value is -4.77. The van der Waals surface area contributed by atoms with E-state index in [4.69, 9.17) is 14.2 Å². The number of nitrogens with one attached hydrogen (secondary N) is 2. The van der Waals surface area contributed by atoms with E-state index in [0.29, 0.717) is 40.8 Å². The Morgan fingerprint density at radius 1 is 0.917 bits per heavy atom. The van der Waals surface area contributed by atoms with Crippen LogP contribution in [0.25, 0.3) is 6.08 Å². The van der Waals surface area contributed by atoms with Crippen molar-refractivity contribution >= 4 is 29.3 Å². The molecule has 0 aliphatic carbocycles. The van der Waals surface area contributed by atoms with E-state index in [0.717, 1.165) is 5.56 Å². The Balaban J connectivity index is 1.65. The van der Waals surface area contributed by atoms with Crippen molar-refractivity contribution in [2.24, 2.45) is 0 Å². The fraction of sp³-hybridized carbons (Fsp3) is 0.179. The zero-order valence-corrected chi connectivity index (χ0v) is 20.3. The van der Waals surface area contributed by atoms with Gasteiger partial charge in [-0.05, 0) is 74.0 Å². The number of hydrogen-bond donors (Lipinski definition) is 2. The number of methoxy groups -OCH3 is 1. The van der Waals surface area contributed by atoms with Crippen molar-refractivity contribution in [1.82, 2.24) is 0 Å². The van der Waals surface area contributed by atoms with Crippen LogP contribution in [-0.4, -0.2) is 32.1 Å². The molecule has 0 saturated heterocycles. The van der Waals surface area contributed by atoms with Gasteiger partial charge in [0.25, 0.3) is 11.8 Å². The maximum Gasteiger partial charge on any atom is 0.266 e. The first-order valence-corrected chi connectivity index (χ1v) is 11.2. The van der Waals surface area contributed by atoms with Crippen LogP contribution in [0.4, 0.5) is 11.4 Å². The van der Waals surface area contributed by atoms with Gasteiger partial charge >= 0.3 is 0 Å². The minimum atomic E-state index is -0.547. The predicted octanol–water partition coefficient (Wildman–Crippen LogP) is 4.97. The molecule has 184 valence electrons. The lowest BCUT2D eigenvalue weighted by molar-refractivity contribution is -0.118. The molecule has 0 fully saturated rings. The largest absolute Gasteiger partial charge is 0.494 e. The van der Waals surface area contributed by atoms with Gasteiger partial charge in [-0.15, -0.1) is 0 Å². The highest BCUT2D eigenvalue weighted by molar-refractivity contribution is 6.09. The highest BCUT2D eigenvalue weighted by Gasteiger charge is 2.12. The van der Waals surface area contributed by atoms with Crippen molar-refractivity contribution in [3.05, 3.63) is 83.4 Å². The topological polar surface area (TPSA) is 110 Å². The summed E-state index contributed by atoms with van der Waals surface area (Å²) in [5, 5.41) is 15.0. The number of rotatable bonds is 10. The van der Waals surface area contributed by atoms with Crippen molar-refractivity contribution < 1.29 is 23.8 Å². The lowest BCUT2D eigenvalue weighted by Gasteiger charge is -2.12. The van der Waals surface area contributed by atoms with Crippen molar-refractivity contribution in [3.8, 4) is 23.3 Å². The van der Waals surface area contributed by atoms with Crippen molar-refractivity contribution in [2.45, 2.75) is 13.8 Å². The molecule has 0 radical (unpaired) electrons. The number of carbonyl (C=O) groups is 2. The quantitative estimate of drug-likeness (QED) is 0.310. The highest BCUT2D eigenvalue weighted by Crippen LogP contribution is 2.29. The molecule has 0 aliphatic rings. The minimum absolute atomic E-state index is 0.0860. The van der Waals surface area contributed by atoms with Gasteiger partial charge in [-0.25, -0.2) is 0 Å². The van der Waals surface area contributed by atoms with E-state index in [1.54, 1.807) is 42.5 Å². The van der Waals surface area contributed by atoms with Gasteiger partial charge in [-0.3, -0.25) is 9.59 Å². The summed E-state index contributed by atoms with van der Waals surface area (Å²) in [5.74, 6) is 0.534. The smallest absolute Gasteiger partial charge is 0.266 e. The van der Waals surface area contributed by atoms with Crippen LogP contribution in [0.2, 0.25) is 0 Å². The average Bonchev–Trinajstić information content (AvgIpc) is 2.88. The summed E-state index contributed by atoms with van der Waals surface area (Å²) < 4.78 is 16.4. The molecule has 0 aliphatic heterocycles. The maximum atomic E-state index is 12.6. The second-order valence-electron chi connectivity index (χ2n) is 7.69. The third-order valence-electron chi connectivity index (χ3n) is 4.98. The predicted molar refractivity (Wildman–Crippen MR) is 138 cm³/mol. The zero-order valence-electron chi connectivity index (χ0n) is 20.3. The Kier molecular flexibility index (Phi) is 9.06. The van der Waals surface area contributed by atoms with Crippen molar-refractivity contribution in [2.75, 3.05) is 31.0 Å². The van der Waals surface area contributed by atoms with E-state index >= 15 is 0 Å². The van der Waals surface area contributed by atoms with Crippen LogP contribution in [0.3, 0.4) is 0 Å². The normalized spacial score (nSPS) is 10.7. The van der Waals surface area contributed by atoms with Crippen LogP contribution in [0.15, 0.2) is 72.3 Å². The molecule has 0 spiro atoms. The monoisotopic (exact) mass is 485 g/mol. The summed E-state index contributed by atoms with van der Waals surface area (Å²) in [6.07, 6.45) is 1.44. The molecule has 0 heterocycles. The van der Waals surface area contributed by atoms with Crippen LogP contribution in [-0.2, 0) is 9.59 Å². The van der Waals surface area contributed by atoms with Gasteiger partial charge in [0.2, 0.25) is 0 Å². The first-order chi connectivity index (χ1) is 17.4. The molecule has 36 heavy (non-hydrogen) atoms. The zero-order chi connectivity index (χ0) is 25.9. The van der Waals surface area contributed by atoms with Gasteiger partial charge in [0.1, 0.15) is 17.4 Å². The molecule has 2 N–H and O–H groups in total. The summed E-state index contributed by atoms with van der Waals surface area (Å²) >= 11 is 0. The van der Waals surface area contributed by atoms with E-state index in [-0.39, 0.29) is 18.1 Å². The number of amides is 2. The van der Waals surface area contributed by atoms with Gasteiger partial charge in [-0.1, -0.05) is 23.8 Å². The fourth-order valence-corrected chi connectivity index (χ4v) is 3.19. The standard InChI is InChI=1S/C28H27N3O5/c1-4-35-24-12-10-23(11-13-24)31-28(33)21(17-29)15-20-7-14-25(26(16-20)34-3)36-18-27(32)30-22-8-5-19(2)6-9-22/h5-16H,4,18H2,1-3H3,(H,30,32)(H,31,33)/b21-15+. The van der Waals surface area contributed by atoms with E-state index in [1.165, 1.54) is 13.2 Å². The Labute approximate surface area is 210 Å². The average molecular weight is 486 g/mol. The number of carbonyl (C=O) groups excluding carboxylic acids is 2. The maximum absolute atomic E-state index is 12.6. The molecule has 3 aromatic rings. The number of ether oxygens (including phenoxy) is 3. The first-order valence-electron chi connectivity index (χ1n) is 11.2. The molecule has 3 rings (SSSR count). The van der Waals surface area contributed by atoms with Gasteiger partial charge in [0.15, 0.2) is 18.1 Å². The van der Waals surface area contributed by atoms with E-state index in [1.807, 2.05) is 44.2 Å². The summed E-state index contributed by atoms with van der Waals surface area (Å²) in [5.41, 5.74) is 2.78. The SMILES string of the molecule is CCOc1ccc(NC(=O)/C(C#N)=C/c2ccc(OCC(=O)Nc3ccc(C)cc3)c(OC)c2)cc1. The number of anilines is 2. The second kappa shape index (κ2) is 12.6. The van der Waals surface area contributed by atoms with Gasteiger partial charge in [0, 0.05) is 11.4 Å². The molecule has 0 aromatic heterocycles. The molecule has 0 saturated carbocycles. The third-order valence-corrected chi connectivity index (χ3v) is 4.98. The molecular weight excluding hydrogens is 458 g/mol. The second-order valence-corrected chi connectivity index (χ2v) is 7.69. The molecule has 0 bridgehead atoms. The molecular formula is C28H27N3O5. The molecule has 8 heteroatoms. The Morgan fingerprint density at radius 2 is 1.58 bits per heavy atom. The molecule has 0 unspecified atom stereocenters. The van der Waals surface area contributed by atoms with Crippen LogP contribution in [0, 0.1) is 18.3 Å². The van der Waals surface area contributed by atoms with Crippen LogP contribution in [0.1, 0.15) is 18.1 Å². The summed E-state index contributed by atoms with van der Waals surface area (Å²) in [6, 6.07) is 21.1. The Bertz CT molecular complexity index is 1280. The molecule has 8 nitrogen and oxygen atoms in total. The molecule has 2 amide bonds. The highest BCUT2D eigenvalue weighted by atomic mass is 16.5. The van der Waals surface area contributed by atoms with Crippen LogP contribution in [0.5, 0.6) is 17.2 Å². The number of hydrogen-bond acceptors (Lipinski definition) is 6. The van der Waals surface area contributed by atoms with Gasteiger partial charge < -0.3 is 24.8 Å². The molecule has 0 atom stereocenters. The summed E-state index contributed by atoms with van der Waals surface area (Å²) in [4.78, 5) is 24.8. The third kappa shape index (κ3) is 7.37. The lowest BCUT2D eigenvalue weighted by atomic mass is 10.1. The van der Waals surface area contributed by atoms with Crippen molar-refractivity contribution in [1.29, 1.82) is 5.26 Å². The first kappa shape index (κ1) is 25.8. The Morgan fingerprint density at radius 3 is 2.22 bits per heavy atom. The van der Waals surface area contributed by atoms with Gasteiger partial charge in [0.05, 0.1) is 13.7 Å². The van der Waals surface area contributed by atoms with Crippen molar-refractivity contribution in [3.63, 3.8) is 0 Å².